The highest BCUT2D eigenvalue weighted by atomic mass is 32.1. The van der Waals surface area contributed by atoms with Crippen LogP contribution >= 0.6 is 11.3 Å². The fraction of sp³-hybridized carbons (Fsp3) is 0.391. The number of likely N-dealkylation sites (N-methyl/N-ethyl adjacent to an activating group) is 1. The Morgan fingerprint density at radius 3 is 2.85 bits per heavy atom. The number of amides is 3. The second-order valence-corrected chi connectivity index (χ2v) is 9.92. The molecule has 178 valence electrons. The Balaban J connectivity index is 1.31. The third kappa shape index (κ3) is 4.53. The van der Waals surface area contributed by atoms with E-state index >= 15 is 0 Å². The van der Waals surface area contributed by atoms with Crippen molar-refractivity contribution < 1.29 is 18.8 Å². The van der Waals surface area contributed by atoms with Gasteiger partial charge in [-0.15, -0.1) is 11.3 Å². The summed E-state index contributed by atoms with van der Waals surface area (Å²) in [4.78, 5) is 49.7. The number of aromatic amines is 1. The van der Waals surface area contributed by atoms with Crippen molar-refractivity contribution in [1.82, 2.24) is 30.4 Å². The van der Waals surface area contributed by atoms with Gasteiger partial charge in [0.2, 0.25) is 6.41 Å². The van der Waals surface area contributed by atoms with E-state index in [2.05, 4.69) is 25.5 Å². The van der Waals surface area contributed by atoms with E-state index in [1.807, 2.05) is 7.05 Å². The number of H-pyrrole nitrogens is 1. The summed E-state index contributed by atoms with van der Waals surface area (Å²) in [6.07, 6.45) is 2.05. The van der Waals surface area contributed by atoms with Crippen molar-refractivity contribution in [3.8, 4) is 0 Å². The highest BCUT2D eigenvalue weighted by molar-refractivity contribution is 7.13. The number of rotatable bonds is 5. The van der Waals surface area contributed by atoms with Gasteiger partial charge in [0.25, 0.3) is 11.8 Å². The monoisotopic (exact) mass is 484 g/mol. The summed E-state index contributed by atoms with van der Waals surface area (Å²) in [5, 5.41) is 6.95. The summed E-state index contributed by atoms with van der Waals surface area (Å²) < 4.78 is 13.5. The first-order chi connectivity index (χ1) is 16.4. The summed E-state index contributed by atoms with van der Waals surface area (Å²) in [6, 6.07) is 5.02. The minimum Gasteiger partial charge on any atom is -0.351 e. The molecule has 2 aromatic heterocycles. The second kappa shape index (κ2) is 9.15. The Bertz CT molecular complexity index is 1260. The molecule has 1 saturated heterocycles. The number of thiazole rings is 1. The van der Waals surface area contributed by atoms with Gasteiger partial charge < -0.3 is 25.4 Å². The summed E-state index contributed by atoms with van der Waals surface area (Å²) in [6.45, 7) is 2.43. The Kier molecular flexibility index (Phi) is 6.05. The third-order valence-corrected chi connectivity index (χ3v) is 7.45. The van der Waals surface area contributed by atoms with Crippen molar-refractivity contribution in [2.75, 3.05) is 26.7 Å². The van der Waals surface area contributed by atoms with Crippen molar-refractivity contribution >= 4 is 40.5 Å². The number of aromatic nitrogens is 2. The van der Waals surface area contributed by atoms with Gasteiger partial charge in [0.15, 0.2) is 5.01 Å². The van der Waals surface area contributed by atoms with Crippen molar-refractivity contribution in [2.24, 2.45) is 0 Å². The molecule has 0 aliphatic carbocycles. The van der Waals surface area contributed by atoms with Gasteiger partial charge in [-0.3, -0.25) is 14.4 Å². The number of carbonyl (C=O) groups excluding carboxylic acids is 3. The van der Waals surface area contributed by atoms with Crippen molar-refractivity contribution in [3.63, 3.8) is 0 Å². The molecule has 3 aromatic rings. The number of likely N-dealkylation sites (tertiary alicyclic amines) is 1. The second-order valence-electron chi connectivity index (χ2n) is 8.84. The summed E-state index contributed by atoms with van der Waals surface area (Å²) in [7, 11) is 2.04. The predicted octanol–water partition coefficient (Wildman–Crippen LogP) is 1.51. The van der Waals surface area contributed by atoms with Crippen LogP contribution in [0.25, 0.3) is 10.9 Å². The molecule has 1 fully saturated rings. The molecule has 0 saturated carbocycles. The Labute approximate surface area is 199 Å². The van der Waals surface area contributed by atoms with Gasteiger partial charge in [-0.05, 0) is 37.7 Å². The van der Waals surface area contributed by atoms with E-state index in [9.17, 15) is 18.8 Å². The Morgan fingerprint density at radius 2 is 2.03 bits per heavy atom. The number of benzene rings is 1. The van der Waals surface area contributed by atoms with Crippen LogP contribution in [-0.4, -0.2) is 76.8 Å². The highest BCUT2D eigenvalue weighted by Crippen LogP contribution is 2.25. The smallest absolute Gasteiger partial charge is 0.280 e. The van der Waals surface area contributed by atoms with Crippen molar-refractivity contribution in [2.45, 2.75) is 31.5 Å². The number of hydrogen-bond donors (Lipinski definition) is 3. The molecule has 34 heavy (non-hydrogen) atoms. The van der Waals surface area contributed by atoms with E-state index in [-0.39, 0.29) is 30.2 Å². The van der Waals surface area contributed by atoms with E-state index in [1.54, 1.807) is 17.0 Å². The molecule has 5 rings (SSSR count). The van der Waals surface area contributed by atoms with Crippen LogP contribution in [0.3, 0.4) is 0 Å². The van der Waals surface area contributed by atoms with Gasteiger partial charge in [0.05, 0.1) is 17.8 Å². The van der Waals surface area contributed by atoms with Gasteiger partial charge in [0, 0.05) is 48.4 Å². The number of hydrogen-bond acceptors (Lipinski definition) is 6. The van der Waals surface area contributed by atoms with Gasteiger partial charge in [-0.2, -0.15) is 0 Å². The molecule has 3 amide bonds. The molecular formula is C23H25FN6O3S. The maximum atomic E-state index is 13.5. The van der Waals surface area contributed by atoms with Crippen LogP contribution in [-0.2, 0) is 17.8 Å². The normalized spacial score (nSPS) is 20.7. The van der Waals surface area contributed by atoms with Crippen molar-refractivity contribution in [3.05, 3.63) is 51.4 Å². The van der Waals surface area contributed by atoms with Crippen molar-refractivity contribution in [1.29, 1.82) is 0 Å². The number of fused-ring (bicyclic) bond motifs is 2. The molecule has 3 N–H and O–H groups in total. The average Bonchev–Trinajstić information content (AvgIpc) is 3.43. The van der Waals surface area contributed by atoms with Crippen LogP contribution in [0.1, 0.15) is 37.3 Å². The average molecular weight is 485 g/mol. The molecule has 9 nitrogen and oxygen atoms in total. The molecule has 2 aliphatic heterocycles. The zero-order valence-corrected chi connectivity index (χ0v) is 19.5. The quantitative estimate of drug-likeness (QED) is 0.476. The lowest BCUT2D eigenvalue weighted by molar-refractivity contribution is -0.119. The first kappa shape index (κ1) is 22.5. The van der Waals surface area contributed by atoms with Gasteiger partial charge >= 0.3 is 0 Å². The minimum atomic E-state index is -0.471. The van der Waals surface area contributed by atoms with Crippen LogP contribution in [0, 0.1) is 5.82 Å². The summed E-state index contributed by atoms with van der Waals surface area (Å²) in [5.41, 5.74) is 1.93. The van der Waals surface area contributed by atoms with E-state index in [1.165, 1.54) is 23.5 Å². The molecule has 0 bridgehead atoms. The fourth-order valence-corrected chi connectivity index (χ4v) is 5.61. The predicted molar refractivity (Wildman–Crippen MR) is 125 cm³/mol. The number of carbonyl (C=O) groups is 3. The molecule has 0 unspecified atom stereocenters. The van der Waals surface area contributed by atoms with E-state index in [0.717, 1.165) is 36.5 Å². The first-order valence-electron chi connectivity index (χ1n) is 11.2. The van der Waals surface area contributed by atoms with Crippen LogP contribution in [0.5, 0.6) is 0 Å². The van der Waals surface area contributed by atoms with E-state index in [4.69, 9.17) is 0 Å². The SMILES string of the molecule is CN1CCc2nc(C(=O)N[C@@H]3CN(C=O)CC[C@@H]3NC(=O)c3cc4cc(F)ccc4[nH]3)sc2C1. The number of halogens is 1. The molecule has 0 spiro atoms. The van der Waals surface area contributed by atoms with Gasteiger partial charge in [0.1, 0.15) is 11.5 Å². The molecule has 2 aliphatic rings. The standard InChI is InChI=1S/C23H25FN6O3S/c1-29-6-4-17-20(11-29)34-23(28-17)22(33)27-19-10-30(12-31)7-5-16(19)26-21(32)18-9-13-8-14(24)2-3-15(13)25-18/h2-3,8-9,12,16,19,25H,4-7,10-11H2,1H3,(H,26,32)(H,27,33)/t16-,19+/m0/s1. The maximum absolute atomic E-state index is 13.5. The zero-order chi connectivity index (χ0) is 23.8. The lowest BCUT2D eigenvalue weighted by Gasteiger charge is -2.37. The van der Waals surface area contributed by atoms with Crippen LogP contribution in [0.15, 0.2) is 24.3 Å². The lowest BCUT2D eigenvalue weighted by atomic mass is 9.99. The summed E-state index contributed by atoms with van der Waals surface area (Å²) >= 11 is 1.39. The Hall–Kier alpha value is -3.31. The van der Waals surface area contributed by atoms with Crippen LogP contribution < -0.4 is 10.6 Å². The minimum absolute atomic E-state index is 0.284. The molecule has 11 heteroatoms. The van der Waals surface area contributed by atoms with Gasteiger partial charge in [-0.25, -0.2) is 9.37 Å². The van der Waals surface area contributed by atoms with E-state index < -0.39 is 6.04 Å². The highest BCUT2D eigenvalue weighted by Gasteiger charge is 2.33. The molecule has 0 radical (unpaired) electrons. The fourth-order valence-electron chi connectivity index (χ4n) is 4.51. The largest absolute Gasteiger partial charge is 0.351 e. The number of nitrogens with zero attached hydrogens (tertiary/aromatic N) is 3. The molecule has 4 heterocycles. The van der Waals surface area contributed by atoms with Crippen LogP contribution in [0.4, 0.5) is 4.39 Å². The first-order valence-corrected chi connectivity index (χ1v) is 12.0. The van der Waals surface area contributed by atoms with Gasteiger partial charge in [-0.1, -0.05) is 0 Å². The number of nitrogens with one attached hydrogen (secondary N) is 3. The van der Waals surface area contributed by atoms with E-state index in [0.29, 0.717) is 34.6 Å². The number of piperidine rings is 1. The maximum Gasteiger partial charge on any atom is 0.280 e. The topological polar surface area (TPSA) is 110 Å². The molecule has 2 atom stereocenters. The zero-order valence-electron chi connectivity index (χ0n) is 18.6. The third-order valence-electron chi connectivity index (χ3n) is 6.37. The van der Waals surface area contributed by atoms with Crippen LogP contribution in [0.2, 0.25) is 0 Å². The molecule has 1 aromatic carbocycles. The lowest BCUT2D eigenvalue weighted by Crippen LogP contribution is -2.60. The molecular weight excluding hydrogens is 459 g/mol. The summed E-state index contributed by atoms with van der Waals surface area (Å²) in [5.74, 6) is -1.04. The Morgan fingerprint density at radius 1 is 1.21 bits per heavy atom.